The van der Waals surface area contributed by atoms with E-state index in [0.717, 1.165) is 24.1 Å². The molecule has 3 aromatic rings. The summed E-state index contributed by atoms with van der Waals surface area (Å²) >= 11 is 0. The van der Waals surface area contributed by atoms with Gasteiger partial charge in [0.05, 0.1) is 0 Å². The number of aromatic nitrogens is 1. The van der Waals surface area contributed by atoms with Gasteiger partial charge in [-0.15, -0.1) is 0 Å². The zero-order valence-electron chi connectivity index (χ0n) is 17.3. The predicted molar refractivity (Wildman–Crippen MR) is 118 cm³/mol. The molecule has 30 heavy (non-hydrogen) atoms. The van der Waals surface area contributed by atoms with Crippen LogP contribution in [0.5, 0.6) is 0 Å². The molecule has 0 saturated heterocycles. The van der Waals surface area contributed by atoms with Crippen molar-refractivity contribution in [3.63, 3.8) is 0 Å². The van der Waals surface area contributed by atoms with Crippen LogP contribution in [0.15, 0.2) is 73.1 Å². The molecule has 1 atom stereocenters. The monoisotopic (exact) mass is 399 g/mol. The molecule has 1 unspecified atom stereocenters. The predicted octanol–water partition coefficient (Wildman–Crippen LogP) is 3.99. The first-order valence-electron chi connectivity index (χ1n) is 10.2. The van der Waals surface area contributed by atoms with E-state index in [-0.39, 0.29) is 17.9 Å². The van der Waals surface area contributed by atoms with Crippen LogP contribution in [0.1, 0.15) is 38.8 Å². The normalized spacial score (nSPS) is 15.0. The number of likely N-dealkylation sites (N-methyl/N-ethyl adjacent to an activating group) is 1. The van der Waals surface area contributed by atoms with E-state index >= 15 is 0 Å². The highest BCUT2D eigenvalue weighted by molar-refractivity contribution is 6.08. The van der Waals surface area contributed by atoms with Crippen LogP contribution in [-0.4, -0.2) is 41.3 Å². The highest BCUT2D eigenvalue weighted by atomic mass is 16.2. The van der Waals surface area contributed by atoms with Crippen LogP contribution < -0.4 is 4.90 Å². The van der Waals surface area contributed by atoms with Crippen molar-refractivity contribution in [2.75, 3.05) is 18.5 Å². The molecule has 0 bridgehead atoms. The van der Waals surface area contributed by atoms with Gasteiger partial charge in [-0.25, -0.2) is 0 Å². The summed E-state index contributed by atoms with van der Waals surface area (Å²) in [6.45, 7) is 2.68. The molecule has 152 valence electrons. The lowest BCUT2D eigenvalue weighted by Gasteiger charge is -2.23. The van der Waals surface area contributed by atoms with Gasteiger partial charge in [0.2, 0.25) is 0 Å². The number of pyridine rings is 1. The molecule has 0 fully saturated rings. The number of nitrogens with zero attached hydrogens (tertiary/aromatic N) is 3. The molecule has 2 heterocycles. The molecule has 0 aliphatic carbocycles. The van der Waals surface area contributed by atoms with Gasteiger partial charge in [-0.3, -0.25) is 14.6 Å². The van der Waals surface area contributed by atoms with Crippen molar-refractivity contribution in [3.8, 4) is 0 Å². The van der Waals surface area contributed by atoms with Gasteiger partial charge >= 0.3 is 0 Å². The molecule has 1 aliphatic heterocycles. The number of fused-ring (bicyclic) bond motifs is 1. The third-order valence-corrected chi connectivity index (χ3v) is 5.64. The quantitative estimate of drug-likeness (QED) is 0.652. The summed E-state index contributed by atoms with van der Waals surface area (Å²) in [5.74, 6) is -0.0829. The summed E-state index contributed by atoms with van der Waals surface area (Å²) < 4.78 is 0. The average molecular weight is 399 g/mol. The second kappa shape index (κ2) is 8.49. The number of amides is 2. The standard InChI is InChI=1S/C25H25N3O2/c1-18-17-22-5-3-4-6-23(22)28(18)25(30)21-9-7-20(8-10-21)24(29)27(2)16-13-19-11-14-26-15-12-19/h3-12,14-15,18H,13,16-17H2,1-2H3. The maximum absolute atomic E-state index is 13.1. The highest BCUT2D eigenvalue weighted by Crippen LogP contribution is 2.33. The number of rotatable bonds is 5. The first kappa shape index (κ1) is 19.8. The Morgan fingerprint density at radius 2 is 1.67 bits per heavy atom. The van der Waals surface area contributed by atoms with Crippen LogP contribution in [-0.2, 0) is 12.8 Å². The average Bonchev–Trinajstić information content (AvgIpc) is 3.13. The van der Waals surface area contributed by atoms with E-state index in [1.165, 1.54) is 5.56 Å². The van der Waals surface area contributed by atoms with Crippen LogP contribution in [0.2, 0.25) is 0 Å². The van der Waals surface area contributed by atoms with Gasteiger partial charge in [-0.2, -0.15) is 0 Å². The Morgan fingerprint density at radius 3 is 2.40 bits per heavy atom. The summed E-state index contributed by atoms with van der Waals surface area (Å²) in [6.07, 6.45) is 5.15. The Labute approximate surface area is 177 Å². The maximum atomic E-state index is 13.1. The summed E-state index contributed by atoms with van der Waals surface area (Å²) in [5.41, 5.74) is 4.49. The lowest BCUT2D eigenvalue weighted by Crippen LogP contribution is -2.35. The van der Waals surface area contributed by atoms with Crippen molar-refractivity contribution < 1.29 is 9.59 Å². The Kier molecular flexibility index (Phi) is 5.61. The van der Waals surface area contributed by atoms with Crippen LogP contribution in [0.25, 0.3) is 0 Å². The molecule has 0 saturated carbocycles. The van der Waals surface area contributed by atoms with Crippen molar-refractivity contribution in [1.29, 1.82) is 0 Å². The molecular formula is C25H25N3O2. The fraction of sp³-hybridized carbons (Fsp3) is 0.240. The van der Waals surface area contributed by atoms with Crippen molar-refractivity contribution in [2.45, 2.75) is 25.8 Å². The van der Waals surface area contributed by atoms with E-state index in [4.69, 9.17) is 0 Å². The third-order valence-electron chi connectivity index (χ3n) is 5.64. The van der Waals surface area contributed by atoms with Crippen molar-refractivity contribution in [2.24, 2.45) is 0 Å². The molecule has 2 aromatic carbocycles. The molecule has 0 N–H and O–H groups in total. The minimum Gasteiger partial charge on any atom is -0.341 e. The maximum Gasteiger partial charge on any atom is 0.258 e. The first-order chi connectivity index (χ1) is 14.5. The molecule has 5 nitrogen and oxygen atoms in total. The Morgan fingerprint density at radius 1 is 1.00 bits per heavy atom. The van der Waals surface area contributed by atoms with E-state index in [1.54, 1.807) is 48.6 Å². The summed E-state index contributed by atoms with van der Waals surface area (Å²) in [4.78, 5) is 33.4. The van der Waals surface area contributed by atoms with Crippen LogP contribution in [0.4, 0.5) is 5.69 Å². The fourth-order valence-electron chi connectivity index (χ4n) is 3.94. The van der Waals surface area contributed by atoms with Gasteiger partial charge in [0.25, 0.3) is 11.8 Å². The summed E-state index contributed by atoms with van der Waals surface area (Å²) in [6, 6.07) is 19.0. The van der Waals surface area contributed by atoms with Crippen LogP contribution in [0.3, 0.4) is 0 Å². The van der Waals surface area contributed by atoms with Gasteiger partial charge in [-0.05, 0) is 73.4 Å². The Hall–Kier alpha value is -3.47. The van der Waals surface area contributed by atoms with E-state index in [9.17, 15) is 9.59 Å². The molecule has 1 aliphatic rings. The van der Waals surface area contributed by atoms with Crippen molar-refractivity contribution >= 4 is 17.5 Å². The van der Waals surface area contributed by atoms with E-state index in [2.05, 4.69) is 18.0 Å². The molecule has 1 aromatic heterocycles. The second-order valence-corrected chi connectivity index (χ2v) is 7.77. The largest absolute Gasteiger partial charge is 0.341 e. The number of para-hydroxylation sites is 1. The van der Waals surface area contributed by atoms with Crippen molar-refractivity contribution in [1.82, 2.24) is 9.88 Å². The number of hydrogen-bond donors (Lipinski definition) is 0. The minimum atomic E-state index is -0.0528. The van der Waals surface area contributed by atoms with Crippen molar-refractivity contribution in [3.05, 3.63) is 95.3 Å². The number of benzene rings is 2. The topological polar surface area (TPSA) is 53.5 Å². The molecule has 0 radical (unpaired) electrons. The van der Waals surface area contributed by atoms with E-state index in [0.29, 0.717) is 17.7 Å². The number of carbonyl (C=O) groups excluding carboxylic acids is 2. The van der Waals surface area contributed by atoms with Gasteiger partial charge in [0.1, 0.15) is 0 Å². The van der Waals surface area contributed by atoms with Gasteiger partial charge in [0.15, 0.2) is 0 Å². The van der Waals surface area contributed by atoms with Gasteiger partial charge in [-0.1, -0.05) is 18.2 Å². The lowest BCUT2D eigenvalue weighted by atomic mass is 10.1. The summed E-state index contributed by atoms with van der Waals surface area (Å²) in [7, 11) is 1.80. The third kappa shape index (κ3) is 3.96. The zero-order chi connectivity index (χ0) is 21.1. The molecule has 5 heteroatoms. The minimum absolute atomic E-state index is 0.0301. The zero-order valence-corrected chi connectivity index (χ0v) is 17.3. The molecule has 0 spiro atoms. The number of carbonyl (C=O) groups is 2. The van der Waals surface area contributed by atoms with Crippen LogP contribution in [0, 0.1) is 0 Å². The van der Waals surface area contributed by atoms with Gasteiger partial charge in [0, 0.05) is 48.8 Å². The smallest absolute Gasteiger partial charge is 0.258 e. The molecular weight excluding hydrogens is 374 g/mol. The number of hydrogen-bond acceptors (Lipinski definition) is 3. The Balaban J connectivity index is 1.43. The molecule has 4 rings (SSSR count). The van der Waals surface area contributed by atoms with E-state index < -0.39 is 0 Å². The SMILES string of the molecule is CC1Cc2ccccc2N1C(=O)c1ccc(C(=O)N(C)CCc2ccncc2)cc1. The fourth-order valence-corrected chi connectivity index (χ4v) is 3.94. The lowest BCUT2D eigenvalue weighted by molar-refractivity contribution is 0.0796. The molecule has 2 amide bonds. The second-order valence-electron chi connectivity index (χ2n) is 7.77. The number of anilines is 1. The Bertz CT molecular complexity index is 1050. The van der Waals surface area contributed by atoms with Gasteiger partial charge < -0.3 is 9.80 Å². The highest BCUT2D eigenvalue weighted by Gasteiger charge is 2.31. The first-order valence-corrected chi connectivity index (χ1v) is 10.2. The van der Waals surface area contributed by atoms with Crippen LogP contribution >= 0.6 is 0 Å². The van der Waals surface area contributed by atoms with E-state index in [1.807, 2.05) is 35.2 Å². The summed E-state index contributed by atoms with van der Waals surface area (Å²) in [5, 5.41) is 0.